The van der Waals surface area contributed by atoms with Gasteiger partial charge in [0.05, 0.1) is 0 Å². The normalized spacial score (nSPS) is 90.2. The molecule has 0 bridgehead atoms. The molecule has 1 spiro atoms. The van der Waals surface area contributed by atoms with Crippen molar-refractivity contribution < 1.29 is 13.6 Å². The van der Waals surface area contributed by atoms with E-state index in [1.54, 1.807) is 0 Å². The number of rotatable bonds is 2. The molecule has 4 atom stereocenters. The quantitative estimate of drug-likeness (QED) is 0.606. The number of benzene rings is 2. The van der Waals surface area contributed by atoms with E-state index in [-0.39, 0.29) is 4.70 Å². The molecule has 10 aliphatic rings. The van der Waals surface area contributed by atoms with Crippen molar-refractivity contribution in [2.24, 2.45) is 0 Å². The van der Waals surface area contributed by atoms with Crippen LogP contribution in [0.3, 0.4) is 0 Å². The molecule has 10 saturated heterocycles. The fraction of sp³-hybridized carbons (Fsp3) is 0.455. The SMILES string of the molecule is F.c1ccc([C]23[CH]4[CH]5[CH]6[C]2(c2ccccc2)[Ti]54632789[CH]3[CH]2[CH]7[CH]8[CH]39)cc1. The average molecular weight is 350 g/mol. The second-order valence-electron chi connectivity index (χ2n) is 15.6. The van der Waals surface area contributed by atoms with E-state index in [1.807, 2.05) is 11.1 Å². The van der Waals surface area contributed by atoms with E-state index in [1.165, 1.54) is 33.8 Å². The van der Waals surface area contributed by atoms with E-state index in [4.69, 9.17) is 0 Å². The molecule has 10 fully saturated rings. The summed E-state index contributed by atoms with van der Waals surface area (Å²) in [5.41, 5.74) is 3.70. The van der Waals surface area contributed by atoms with Gasteiger partial charge in [0, 0.05) is 0 Å². The van der Waals surface area contributed by atoms with E-state index in [2.05, 4.69) is 60.7 Å². The van der Waals surface area contributed by atoms with Gasteiger partial charge in [0.2, 0.25) is 0 Å². The molecule has 118 valence electrons. The Morgan fingerprint density at radius 2 is 0.917 bits per heavy atom. The molecular formula is C22H19FTi. The standard InChI is InChI=1S/C17H13.C5H5.FH.Ti/c1-3-8-14(9-4-1)16-12-7-13-17(16)15-10-5-2-6-11-15;1-2-4-5-3-1;;/h1-13H;1-5H;1H;. The third-order valence-electron chi connectivity index (χ3n) is 22.9. The van der Waals surface area contributed by atoms with Gasteiger partial charge in [0.25, 0.3) is 0 Å². The van der Waals surface area contributed by atoms with Crippen LogP contribution in [0.1, 0.15) is 11.1 Å². The molecule has 0 saturated carbocycles. The Morgan fingerprint density at radius 3 is 1.21 bits per heavy atom. The zero-order chi connectivity index (χ0) is 14.2. The van der Waals surface area contributed by atoms with Gasteiger partial charge >= 0.3 is 122 Å². The van der Waals surface area contributed by atoms with Crippen LogP contribution in [-0.2, 0) is 16.3 Å². The average Bonchev–Trinajstić information content (AvgIpc) is 3.56. The Labute approximate surface area is 126 Å². The summed E-state index contributed by atoms with van der Waals surface area (Å²) in [6.07, 6.45) is 0. The molecule has 4 unspecified atom stereocenters. The van der Waals surface area contributed by atoms with Crippen LogP contribution in [0.15, 0.2) is 60.7 Å². The summed E-state index contributed by atoms with van der Waals surface area (Å²) >= 11 is 0. The summed E-state index contributed by atoms with van der Waals surface area (Å²) in [6.45, 7) is 0. The molecule has 0 N–H and O–H groups in total. The van der Waals surface area contributed by atoms with Gasteiger partial charge in [-0.25, -0.2) is 0 Å². The first-order valence-corrected chi connectivity index (χ1v) is 19.1. The van der Waals surface area contributed by atoms with Crippen molar-refractivity contribution in [1.82, 2.24) is 0 Å². The third kappa shape index (κ3) is 0.132. The molecule has 10 heterocycles. The zero-order valence-electron chi connectivity index (χ0n) is 13.3. The van der Waals surface area contributed by atoms with Crippen molar-refractivity contribution >= 4 is 0 Å². The topological polar surface area (TPSA) is 0 Å². The first-order chi connectivity index (χ1) is 11.1. The van der Waals surface area contributed by atoms with Crippen molar-refractivity contribution in [3.05, 3.63) is 71.8 Å². The van der Waals surface area contributed by atoms with Crippen molar-refractivity contribution in [2.75, 3.05) is 0 Å². The Morgan fingerprint density at radius 1 is 0.542 bits per heavy atom. The monoisotopic (exact) mass is 350 g/mol. The van der Waals surface area contributed by atoms with Crippen LogP contribution in [0.4, 0.5) is 4.70 Å². The maximum absolute atomic E-state index is 3.76. The first-order valence-electron chi connectivity index (χ1n) is 10.3. The number of fused-ring (bicyclic) bond motifs is 10. The molecule has 0 nitrogen and oxygen atoms in total. The number of hydrogen-bond donors (Lipinski definition) is 0. The number of halogens is 1. The van der Waals surface area contributed by atoms with E-state index >= 15 is 0 Å². The van der Waals surface area contributed by atoms with Gasteiger partial charge in [-0.1, -0.05) is 0 Å². The fourth-order valence-corrected chi connectivity index (χ4v) is 152. The van der Waals surface area contributed by atoms with Crippen molar-refractivity contribution in [1.29, 1.82) is 0 Å². The molecule has 0 amide bonds. The summed E-state index contributed by atoms with van der Waals surface area (Å²) in [6, 6.07) is 24.2. The predicted octanol–water partition coefficient (Wildman–Crippen LogP) is 5.74. The molecule has 2 aromatic carbocycles. The van der Waals surface area contributed by atoms with E-state index in [9.17, 15) is 0 Å². The van der Waals surface area contributed by atoms with Gasteiger partial charge in [-0.3, -0.25) is 4.70 Å². The van der Waals surface area contributed by atoms with Gasteiger partial charge in [0.1, 0.15) is 0 Å². The summed E-state index contributed by atoms with van der Waals surface area (Å²) in [4.78, 5) is 0. The fourth-order valence-electron chi connectivity index (χ4n) is 27.7. The molecule has 12 rings (SSSR count). The Balaban J connectivity index is 0.000000963. The molecule has 2 aromatic rings. The zero-order valence-corrected chi connectivity index (χ0v) is 14.9. The second-order valence-corrected chi connectivity index (χ2v) is 48.4. The van der Waals surface area contributed by atoms with Crippen LogP contribution in [0.5, 0.6) is 0 Å². The molecule has 0 aromatic heterocycles. The van der Waals surface area contributed by atoms with Gasteiger partial charge in [-0.2, -0.15) is 0 Å². The van der Waals surface area contributed by atoms with Crippen LogP contribution in [0.2, 0.25) is 33.8 Å². The molecular weight excluding hydrogens is 331 g/mol. The minimum atomic E-state index is -3.76. The van der Waals surface area contributed by atoms with Gasteiger partial charge in [-0.05, 0) is 0 Å². The van der Waals surface area contributed by atoms with Crippen LogP contribution in [0, 0.1) is 0 Å². The van der Waals surface area contributed by atoms with Gasteiger partial charge in [0.15, 0.2) is 0 Å². The molecule has 0 aliphatic carbocycles. The minimum absolute atomic E-state index is 0. The Kier molecular flexibility index (Phi) is 0.456. The molecule has 0 radical (unpaired) electrons. The number of hydrogen-bond acceptors (Lipinski definition) is 0. The Bertz CT molecular complexity index is 1330. The Hall–Kier alpha value is -0.916. The second kappa shape index (κ2) is 1.06. The van der Waals surface area contributed by atoms with Crippen LogP contribution in [-0.4, -0.2) is 0 Å². The van der Waals surface area contributed by atoms with Crippen LogP contribution >= 0.6 is 0 Å². The van der Waals surface area contributed by atoms with Gasteiger partial charge in [-0.15, -0.1) is 0 Å². The first kappa shape index (κ1) is 10.3. The summed E-state index contributed by atoms with van der Waals surface area (Å²) in [5.74, 6) is 0. The molecule has 2 heteroatoms. The maximum atomic E-state index is 2.57. The summed E-state index contributed by atoms with van der Waals surface area (Å²) in [7, 11) is -3.76. The molecule has 10 aliphatic heterocycles. The summed E-state index contributed by atoms with van der Waals surface area (Å²) in [5, 5.41) is 0. The van der Waals surface area contributed by atoms with Crippen molar-refractivity contribution in [3.63, 3.8) is 0 Å². The van der Waals surface area contributed by atoms with E-state index < -0.39 is 8.89 Å². The van der Waals surface area contributed by atoms with Gasteiger partial charge < -0.3 is 0 Å². The van der Waals surface area contributed by atoms with Crippen LogP contribution < -0.4 is 0 Å². The predicted molar refractivity (Wildman–Crippen MR) is 88.7 cm³/mol. The van der Waals surface area contributed by atoms with Crippen LogP contribution in [0.25, 0.3) is 0 Å². The van der Waals surface area contributed by atoms with Crippen molar-refractivity contribution in [2.45, 2.75) is 41.2 Å². The molecule has 24 heavy (non-hydrogen) atoms. The third-order valence-corrected chi connectivity index (χ3v) is 83.5. The van der Waals surface area contributed by atoms with E-state index in [0.717, 1.165) is 7.44 Å². The van der Waals surface area contributed by atoms with E-state index in [0.29, 0.717) is 0 Å². The summed E-state index contributed by atoms with van der Waals surface area (Å²) < 4.78 is 12.6. The van der Waals surface area contributed by atoms with Crippen molar-refractivity contribution in [3.8, 4) is 0 Å².